The predicted molar refractivity (Wildman–Crippen MR) is 131 cm³/mol. The molecule has 9 heteroatoms. The molecule has 1 unspecified atom stereocenters. The van der Waals surface area contributed by atoms with Crippen LogP contribution in [0.3, 0.4) is 0 Å². The molecule has 0 amide bonds. The van der Waals surface area contributed by atoms with E-state index in [1.54, 1.807) is 30.3 Å². The van der Waals surface area contributed by atoms with Gasteiger partial charge in [-0.3, -0.25) is 4.90 Å². The molecule has 0 fully saturated rings. The molecule has 3 aromatic rings. The second kappa shape index (κ2) is 11.9. The van der Waals surface area contributed by atoms with Gasteiger partial charge in [-0.25, -0.2) is 12.8 Å². The van der Waals surface area contributed by atoms with E-state index < -0.39 is 21.6 Å². The topological polar surface area (TPSA) is 46.6 Å². The molecule has 0 aliphatic carbocycles. The number of hydrogen-bond acceptors (Lipinski definition) is 4. The van der Waals surface area contributed by atoms with Gasteiger partial charge in [0, 0.05) is 25.9 Å². The lowest BCUT2D eigenvalue weighted by atomic mass is 10.00. The van der Waals surface area contributed by atoms with E-state index in [-0.39, 0.29) is 16.6 Å². The standard InChI is InChI=1S/C27H29F4NO3S/c1-20(22-10-12-24(28)13-11-22)18-32(19-21-6-3-7-23(16-21)27(29,30)31)14-5-15-35-25-8-4-9-26(17-25)36(2,33)34/h3-4,6-13,16-17,20H,5,14-15,18-19H2,1-2H3. The maximum Gasteiger partial charge on any atom is 0.416 e. The normalized spacial score (nSPS) is 13.1. The Bertz CT molecular complexity index is 1240. The van der Waals surface area contributed by atoms with Crippen LogP contribution in [0.4, 0.5) is 17.6 Å². The van der Waals surface area contributed by atoms with Crippen molar-refractivity contribution in [2.45, 2.75) is 36.9 Å². The smallest absolute Gasteiger partial charge is 0.416 e. The van der Waals surface area contributed by atoms with E-state index in [0.29, 0.717) is 44.0 Å². The Kier molecular flexibility index (Phi) is 9.13. The number of benzene rings is 3. The molecule has 0 N–H and O–H groups in total. The third-order valence-corrected chi connectivity index (χ3v) is 6.86. The summed E-state index contributed by atoms with van der Waals surface area (Å²) in [7, 11) is -3.35. The molecule has 0 aliphatic heterocycles. The van der Waals surface area contributed by atoms with E-state index in [1.807, 2.05) is 11.8 Å². The summed E-state index contributed by atoms with van der Waals surface area (Å²) in [6.45, 7) is 3.68. The number of halogens is 4. The van der Waals surface area contributed by atoms with Gasteiger partial charge in [0.25, 0.3) is 0 Å². The third kappa shape index (κ3) is 8.34. The van der Waals surface area contributed by atoms with E-state index >= 15 is 0 Å². The van der Waals surface area contributed by atoms with E-state index in [0.717, 1.165) is 24.0 Å². The van der Waals surface area contributed by atoms with Crippen molar-refractivity contribution in [1.29, 1.82) is 0 Å². The number of alkyl halides is 3. The van der Waals surface area contributed by atoms with E-state index in [2.05, 4.69) is 0 Å². The first-order chi connectivity index (χ1) is 16.9. The maximum absolute atomic E-state index is 13.3. The van der Waals surface area contributed by atoms with Crippen LogP contribution in [0.25, 0.3) is 0 Å². The molecule has 0 spiro atoms. The molecule has 0 heterocycles. The number of sulfone groups is 1. The zero-order chi connectivity index (χ0) is 26.3. The van der Waals surface area contributed by atoms with Crippen molar-refractivity contribution in [2.75, 3.05) is 26.0 Å². The van der Waals surface area contributed by atoms with Crippen LogP contribution in [0, 0.1) is 5.82 Å². The van der Waals surface area contributed by atoms with Crippen molar-refractivity contribution in [3.63, 3.8) is 0 Å². The fourth-order valence-corrected chi connectivity index (χ4v) is 4.55. The van der Waals surface area contributed by atoms with Crippen molar-refractivity contribution in [1.82, 2.24) is 4.90 Å². The predicted octanol–water partition coefficient (Wildman–Crippen LogP) is 6.32. The Balaban J connectivity index is 1.68. The molecule has 194 valence electrons. The first-order valence-electron chi connectivity index (χ1n) is 11.5. The van der Waals surface area contributed by atoms with E-state index in [9.17, 15) is 26.0 Å². The summed E-state index contributed by atoms with van der Waals surface area (Å²) < 4.78 is 82.1. The highest BCUT2D eigenvalue weighted by atomic mass is 32.2. The largest absolute Gasteiger partial charge is 0.494 e. The van der Waals surface area contributed by atoms with Crippen molar-refractivity contribution < 1.29 is 30.7 Å². The third-order valence-electron chi connectivity index (χ3n) is 5.75. The zero-order valence-corrected chi connectivity index (χ0v) is 20.9. The second-order valence-corrected chi connectivity index (χ2v) is 10.9. The summed E-state index contributed by atoms with van der Waals surface area (Å²) >= 11 is 0. The lowest BCUT2D eigenvalue weighted by Gasteiger charge is -2.26. The summed E-state index contributed by atoms with van der Waals surface area (Å²) in [6, 6.07) is 17.7. The zero-order valence-electron chi connectivity index (χ0n) is 20.1. The minimum atomic E-state index is -4.42. The highest BCUT2D eigenvalue weighted by Gasteiger charge is 2.30. The van der Waals surface area contributed by atoms with Crippen LogP contribution in [-0.2, 0) is 22.6 Å². The van der Waals surface area contributed by atoms with Crippen molar-refractivity contribution in [3.8, 4) is 5.75 Å². The Morgan fingerprint density at radius 2 is 1.67 bits per heavy atom. The van der Waals surface area contributed by atoms with Crippen LogP contribution >= 0.6 is 0 Å². The summed E-state index contributed by atoms with van der Waals surface area (Å²) in [5.74, 6) is 0.120. The quantitative estimate of drug-likeness (QED) is 0.218. The molecular formula is C27H29F4NO3S. The summed E-state index contributed by atoms with van der Waals surface area (Å²) in [5.41, 5.74) is 0.776. The summed E-state index contributed by atoms with van der Waals surface area (Å²) in [4.78, 5) is 2.21. The molecule has 3 aromatic carbocycles. The molecular weight excluding hydrogens is 494 g/mol. The van der Waals surface area contributed by atoms with Crippen LogP contribution in [-0.4, -0.2) is 39.3 Å². The van der Waals surface area contributed by atoms with Gasteiger partial charge in [-0.1, -0.05) is 43.3 Å². The Morgan fingerprint density at radius 3 is 2.33 bits per heavy atom. The second-order valence-electron chi connectivity index (χ2n) is 8.83. The van der Waals surface area contributed by atoms with Crippen LogP contribution in [0.5, 0.6) is 5.75 Å². The SMILES string of the molecule is CC(CN(CCCOc1cccc(S(C)(=O)=O)c1)Cc1cccc(C(F)(F)F)c1)c1ccc(F)cc1. The average Bonchev–Trinajstić information content (AvgIpc) is 2.81. The van der Waals surface area contributed by atoms with Crippen molar-refractivity contribution >= 4 is 9.84 Å². The lowest BCUT2D eigenvalue weighted by molar-refractivity contribution is -0.137. The molecule has 1 atom stereocenters. The lowest BCUT2D eigenvalue weighted by Crippen LogP contribution is -2.29. The Hall–Kier alpha value is -2.91. The molecule has 0 aliphatic rings. The molecule has 36 heavy (non-hydrogen) atoms. The monoisotopic (exact) mass is 523 g/mol. The highest BCUT2D eigenvalue weighted by molar-refractivity contribution is 7.90. The fraction of sp³-hybridized carbons (Fsp3) is 0.333. The molecule has 0 bridgehead atoms. The molecule has 4 nitrogen and oxygen atoms in total. The van der Waals surface area contributed by atoms with Crippen molar-refractivity contribution in [2.24, 2.45) is 0 Å². The molecule has 0 saturated carbocycles. The number of hydrogen-bond donors (Lipinski definition) is 0. The average molecular weight is 524 g/mol. The van der Waals surface area contributed by atoms with Crippen molar-refractivity contribution in [3.05, 3.63) is 95.3 Å². The van der Waals surface area contributed by atoms with Gasteiger partial charge in [0.05, 0.1) is 17.1 Å². The molecule has 0 radical (unpaired) electrons. The number of ether oxygens (including phenoxy) is 1. The van der Waals surface area contributed by atoms with E-state index in [4.69, 9.17) is 4.74 Å². The van der Waals surface area contributed by atoms with Crippen LogP contribution < -0.4 is 4.74 Å². The van der Waals surface area contributed by atoms with Gasteiger partial charge < -0.3 is 4.74 Å². The molecule has 0 aromatic heterocycles. The first-order valence-corrected chi connectivity index (χ1v) is 13.4. The highest BCUT2D eigenvalue weighted by Crippen LogP contribution is 2.30. The molecule has 0 saturated heterocycles. The first kappa shape index (κ1) is 27.7. The van der Waals surface area contributed by atoms with Gasteiger partial charge in [0.1, 0.15) is 11.6 Å². The minimum absolute atomic E-state index is 0.0174. The summed E-state index contributed by atoms with van der Waals surface area (Å²) in [5, 5.41) is 0. The summed E-state index contributed by atoms with van der Waals surface area (Å²) in [6.07, 6.45) is -2.73. The number of rotatable bonds is 11. The molecule has 3 rings (SSSR count). The Labute approximate surface area is 209 Å². The van der Waals surface area contributed by atoms with Gasteiger partial charge in [0.2, 0.25) is 0 Å². The van der Waals surface area contributed by atoms with Gasteiger partial charge in [-0.05, 0) is 59.9 Å². The van der Waals surface area contributed by atoms with Gasteiger partial charge in [0.15, 0.2) is 9.84 Å². The van der Waals surface area contributed by atoms with Crippen LogP contribution in [0.2, 0.25) is 0 Å². The van der Waals surface area contributed by atoms with Gasteiger partial charge in [-0.2, -0.15) is 13.2 Å². The maximum atomic E-state index is 13.3. The fourth-order valence-electron chi connectivity index (χ4n) is 3.90. The van der Waals surface area contributed by atoms with Crippen LogP contribution in [0.15, 0.2) is 77.7 Å². The Morgan fingerprint density at radius 1 is 0.972 bits per heavy atom. The van der Waals surface area contributed by atoms with Gasteiger partial charge >= 0.3 is 6.18 Å². The van der Waals surface area contributed by atoms with E-state index in [1.165, 1.54) is 30.3 Å². The minimum Gasteiger partial charge on any atom is -0.494 e. The van der Waals surface area contributed by atoms with Crippen LogP contribution in [0.1, 0.15) is 36.0 Å². The van der Waals surface area contributed by atoms with Gasteiger partial charge in [-0.15, -0.1) is 0 Å². The number of nitrogens with zero attached hydrogens (tertiary/aromatic N) is 1.